The van der Waals surface area contributed by atoms with Gasteiger partial charge < -0.3 is 19.5 Å². The van der Waals surface area contributed by atoms with E-state index in [0.717, 1.165) is 12.1 Å². The molecule has 1 N–H and O–H groups in total. The van der Waals surface area contributed by atoms with Crippen LogP contribution >= 0.6 is 0 Å². The van der Waals surface area contributed by atoms with Crippen molar-refractivity contribution in [3.05, 3.63) is 48.2 Å². The summed E-state index contributed by atoms with van der Waals surface area (Å²) in [5.41, 5.74) is 1.45. The van der Waals surface area contributed by atoms with Crippen LogP contribution in [0, 0.1) is 0 Å². The van der Waals surface area contributed by atoms with Gasteiger partial charge in [-0.05, 0) is 24.6 Å². The molecule has 3 heterocycles. The van der Waals surface area contributed by atoms with Crippen molar-refractivity contribution in [1.29, 1.82) is 0 Å². The summed E-state index contributed by atoms with van der Waals surface area (Å²) in [6.07, 6.45) is 5.72. The summed E-state index contributed by atoms with van der Waals surface area (Å²) in [6, 6.07) is 5.24. The van der Waals surface area contributed by atoms with Gasteiger partial charge in [0, 0.05) is 38.9 Å². The van der Waals surface area contributed by atoms with Crippen molar-refractivity contribution in [3.8, 4) is 0 Å². The molecule has 132 valence electrons. The van der Waals surface area contributed by atoms with Crippen LogP contribution < -0.4 is 10.2 Å². The van der Waals surface area contributed by atoms with E-state index in [4.69, 9.17) is 4.42 Å². The number of carbonyl (C=O) groups is 2. The number of pyridine rings is 1. The molecule has 25 heavy (non-hydrogen) atoms. The highest BCUT2D eigenvalue weighted by Gasteiger charge is 2.24. The maximum absolute atomic E-state index is 12.3. The summed E-state index contributed by atoms with van der Waals surface area (Å²) in [5.74, 6) is 0.169. The molecule has 0 radical (unpaired) electrons. The maximum atomic E-state index is 12.3. The Kier molecular flexibility index (Phi) is 5.33. The first-order chi connectivity index (χ1) is 12.2. The van der Waals surface area contributed by atoms with E-state index in [0.29, 0.717) is 44.0 Å². The number of hydrogen-bond donors (Lipinski definition) is 1. The second kappa shape index (κ2) is 7.83. The zero-order chi connectivity index (χ0) is 17.6. The van der Waals surface area contributed by atoms with Gasteiger partial charge >= 0.3 is 0 Å². The molecule has 0 atom stereocenters. The van der Waals surface area contributed by atoms with Gasteiger partial charge in [-0.2, -0.15) is 0 Å². The molecule has 1 saturated heterocycles. The largest absolute Gasteiger partial charge is 0.459 e. The van der Waals surface area contributed by atoms with Gasteiger partial charge in [-0.3, -0.25) is 14.6 Å². The minimum Gasteiger partial charge on any atom is -0.459 e. The van der Waals surface area contributed by atoms with Crippen molar-refractivity contribution < 1.29 is 14.0 Å². The van der Waals surface area contributed by atoms with E-state index in [1.54, 1.807) is 29.4 Å². The van der Waals surface area contributed by atoms with Gasteiger partial charge in [0.05, 0.1) is 23.7 Å². The lowest BCUT2D eigenvalue weighted by Crippen LogP contribution is -2.48. The number of nitrogens with zero attached hydrogens (tertiary/aromatic N) is 3. The van der Waals surface area contributed by atoms with Gasteiger partial charge in [-0.15, -0.1) is 0 Å². The van der Waals surface area contributed by atoms with Crippen molar-refractivity contribution in [3.63, 3.8) is 0 Å². The summed E-state index contributed by atoms with van der Waals surface area (Å²) in [5, 5.41) is 2.86. The average Bonchev–Trinajstić information content (AvgIpc) is 3.20. The molecule has 3 rings (SSSR count). The Hall–Kier alpha value is -2.83. The standard InChI is InChI=1S/C18H22N4O3/c1-2-5-20-17(23)14-11-15(13-19-12-14)21-6-8-22(9-7-21)18(24)16-4-3-10-25-16/h3-4,10-13H,2,5-9H2,1H3,(H,20,23). The minimum absolute atomic E-state index is 0.0875. The second-order valence-electron chi connectivity index (χ2n) is 5.94. The molecule has 2 amide bonds. The number of piperazine rings is 1. The van der Waals surface area contributed by atoms with Gasteiger partial charge in [0.1, 0.15) is 0 Å². The predicted molar refractivity (Wildman–Crippen MR) is 93.7 cm³/mol. The summed E-state index contributed by atoms with van der Waals surface area (Å²) in [7, 11) is 0. The van der Waals surface area contributed by atoms with Crippen molar-refractivity contribution in [2.24, 2.45) is 0 Å². The van der Waals surface area contributed by atoms with E-state index in [2.05, 4.69) is 15.2 Å². The first-order valence-electron chi connectivity index (χ1n) is 8.50. The van der Waals surface area contributed by atoms with Crippen molar-refractivity contribution in [1.82, 2.24) is 15.2 Å². The van der Waals surface area contributed by atoms with Crippen molar-refractivity contribution >= 4 is 17.5 Å². The highest BCUT2D eigenvalue weighted by Crippen LogP contribution is 2.18. The van der Waals surface area contributed by atoms with Crippen LogP contribution in [-0.2, 0) is 0 Å². The highest BCUT2D eigenvalue weighted by atomic mass is 16.3. The number of amides is 2. The molecule has 0 aliphatic carbocycles. The molecule has 0 unspecified atom stereocenters. The van der Waals surface area contributed by atoms with Gasteiger partial charge in [-0.25, -0.2) is 0 Å². The first kappa shape index (κ1) is 17.0. The first-order valence-corrected chi connectivity index (χ1v) is 8.50. The van der Waals surface area contributed by atoms with Crippen LogP contribution in [-0.4, -0.2) is 54.4 Å². The van der Waals surface area contributed by atoms with E-state index >= 15 is 0 Å². The van der Waals surface area contributed by atoms with Crippen LogP contribution in [0.15, 0.2) is 41.3 Å². The summed E-state index contributed by atoms with van der Waals surface area (Å²) >= 11 is 0. The number of hydrogen-bond acceptors (Lipinski definition) is 5. The number of carbonyl (C=O) groups excluding carboxylic acids is 2. The fourth-order valence-electron chi connectivity index (χ4n) is 2.79. The molecule has 1 fully saturated rings. The summed E-state index contributed by atoms with van der Waals surface area (Å²) in [6.45, 7) is 5.25. The predicted octanol–water partition coefficient (Wildman–Crippen LogP) is 1.78. The van der Waals surface area contributed by atoms with Crippen molar-refractivity contribution in [2.45, 2.75) is 13.3 Å². The zero-order valence-electron chi connectivity index (χ0n) is 14.3. The summed E-state index contributed by atoms with van der Waals surface area (Å²) in [4.78, 5) is 32.5. The molecule has 7 nitrogen and oxygen atoms in total. The molecule has 0 spiro atoms. The fraction of sp³-hybridized carbons (Fsp3) is 0.389. The number of furan rings is 1. The van der Waals surface area contributed by atoms with Crippen LogP contribution in [0.1, 0.15) is 34.3 Å². The molecule has 2 aromatic heterocycles. The number of nitrogens with one attached hydrogen (secondary N) is 1. The Morgan fingerprint density at radius 3 is 2.72 bits per heavy atom. The third-order valence-corrected chi connectivity index (χ3v) is 4.19. The third-order valence-electron chi connectivity index (χ3n) is 4.19. The lowest BCUT2D eigenvalue weighted by atomic mass is 10.2. The maximum Gasteiger partial charge on any atom is 0.289 e. The highest BCUT2D eigenvalue weighted by molar-refractivity contribution is 5.94. The fourth-order valence-corrected chi connectivity index (χ4v) is 2.79. The van der Waals surface area contributed by atoms with Crippen LogP contribution in [0.2, 0.25) is 0 Å². The van der Waals surface area contributed by atoms with Gasteiger partial charge in [0.25, 0.3) is 11.8 Å². The monoisotopic (exact) mass is 342 g/mol. The smallest absolute Gasteiger partial charge is 0.289 e. The molecule has 1 aliphatic rings. The van der Waals surface area contributed by atoms with E-state index in [1.807, 2.05) is 13.0 Å². The van der Waals surface area contributed by atoms with Crippen LogP contribution in [0.5, 0.6) is 0 Å². The molecule has 2 aromatic rings. The molecule has 0 aromatic carbocycles. The van der Waals surface area contributed by atoms with Gasteiger partial charge in [-0.1, -0.05) is 6.92 Å². The van der Waals surface area contributed by atoms with E-state index in [-0.39, 0.29) is 11.8 Å². The van der Waals surface area contributed by atoms with Crippen molar-refractivity contribution in [2.75, 3.05) is 37.6 Å². The quantitative estimate of drug-likeness (QED) is 0.896. The lowest BCUT2D eigenvalue weighted by molar-refractivity contribution is 0.0714. The molecule has 1 aliphatic heterocycles. The Labute approximate surface area is 146 Å². The molecular formula is C18H22N4O3. The summed E-state index contributed by atoms with van der Waals surface area (Å²) < 4.78 is 5.18. The Balaban J connectivity index is 1.61. The molecular weight excluding hydrogens is 320 g/mol. The zero-order valence-corrected chi connectivity index (χ0v) is 14.3. The normalized spacial score (nSPS) is 14.4. The number of rotatable bonds is 5. The minimum atomic E-state index is -0.108. The number of anilines is 1. The van der Waals surface area contributed by atoms with E-state index in [9.17, 15) is 9.59 Å². The molecule has 0 bridgehead atoms. The molecule has 7 heteroatoms. The Morgan fingerprint density at radius 2 is 2.04 bits per heavy atom. The van der Waals surface area contributed by atoms with Gasteiger partial charge in [0.2, 0.25) is 0 Å². The molecule has 0 saturated carbocycles. The lowest BCUT2D eigenvalue weighted by Gasteiger charge is -2.35. The Bertz CT molecular complexity index is 722. The number of aromatic nitrogens is 1. The van der Waals surface area contributed by atoms with Crippen LogP contribution in [0.25, 0.3) is 0 Å². The SMILES string of the molecule is CCCNC(=O)c1cncc(N2CCN(C(=O)c3ccco3)CC2)c1. The van der Waals surface area contributed by atoms with E-state index in [1.165, 1.54) is 6.26 Å². The van der Waals surface area contributed by atoms with Gasteiger partial charge in [0.15, 0.2) is 5.76 Å². The topological polar surface area (TPSA) is 78.7 Å². The third kappa shape index (κ3) is 3.99. The second-order valence-corrected chi connectivity index (χ2v) is 5.94. The van der Waals surface area contributed by atoms with Crippen LogP contribution in [0.3, 0.4) is 0 Å². The van der Waals surface area contributed by atoms with E-state index < -0.39 is 0 Å². The van der Waals surface area contributed by atoms with Crippen LogP contribution in [0.4, 0.5) is 5.69 Å². The Morgan fingerprint density at radius 1 is 1.24 bits per heavy atom. The average molecular weight is 342 g/mol.